The van der Waals surface area contributed by atoms with Gasteiger partial charge in [0.1, 0.15) is 18.8 Å². The third-order valence-electron chi connectivity index (χ3n) is 12.3. The fourth-order valence-electron chi connectivity index (χ4n) is 7.98. The van der Waals surface area contributed by atoms with Crippen LogP contribution in [0.15, 0.2) is 109 Å². The Balaban J connectivity index is 2.76. The van der Waals surface area contributed by atoms with E-state index in [0.717, 1.165) is 109 Å². The third-order valence-corrected chi connectivity index (χ3v) is 12.3. The first-order valence-corrected chi connectivity index (χ1v) is 28.9. The van der Waals surface area contributed by atoms with Gasteiger partial charge in [0, 0.05) is 12.8 Å². The molecule has 424 valence electrons. The Morgan fingerprint density at radius 3 is 1.37 bits per heavy atom. The molecule has 0 radical (unpaired) electrons. The van der Waals surface area contributed by atoms with Gasteiger partial charge in [-0.3, -0.25) is 14.4 Å². The van der Waals surface area contributed by atoms with E-state index in [9.17, 15) is 34.5 Å². The van der Waals surface area contributed by atoms with E-state index in [4.69, 9.17) is 23.7 Å². The smallest absolute Gasteiger partial charge is 0.335 e. The minimum atomic E-state index is -1.92. The molecule has 75 heavy (non-hydrogen) atoms. The first-order chi connectivity index (χ1) is 36.6. The molecule has 0 saturated carbocycles. The maximum absolute atomic E-state index is 13.1. The molecule has 1 aliphatic heterocycles. The zero-order valence-electron chi connectivity index (χ0n) is 46.5. The number of unbranched alkanes of at least 4 members (excludes halogenated alkanes) is 16. The fourth-order valence-corrected chi connectivity index (χ4v) is 7.98. The molecule has 1 rings (SSSR count). The van der Waals surface area contributed by atoms with Crippen LogP contribution in [0.3, 0.4) is 0 Å². The highest BCUT2D eigenvalue weighted by Gasteiger charge is 2.50. The standard InChI is InChI=1S/C63H100O12/c1-4-7-10-13-16-19-22-25-27-28-30-33-36-39-42-45-48-51-57(66)74-61-59(68)58(67)60(62(69)70)75-63(61)72-53-54(73-56(65)50-47-44-41-38-35-31-24-21-18-15-12-9-6-3)52-71-55(64)49-46-43-40-37-34-32-29-26-23-20-17-14-11-8-5-2/h8-9,11-12,17-18,20-21,25-27,29,31,34-35,37,43,46,54,58-61,63,67-68H,4-7,10,13-16,19,22-24,28,30,32-33,36,38-42,44-45,47-53H2,1-3H3,(H,69,70)/b11-8-,12-9-,20-17-,21-18-,27-25-,29-26-,35-31-,37-34-,46-43-. The lowest BCUT2D eigenvalue weighted by molar-refractivity contribution is -0.301. The van der Waals surface area contributed by atoms with E-state index in [1.165, 1.54) is 44.9 Å². The molecule has 0 aromatic rings. The second-order valence-corrected chi connectivity index (χ2v) is 19.2. The molecule has 1 saturated heterocycles. The van der Waals surface area contributed by atoms with Crippen molar-refractivity contribution in [2.75, 3.05) is 13.2 Å². The van der Waals surface area contributed by atoms with Gasteiger partial charge >= 0.3 is 23.9 Å². The molecule has 1 aliphatic rings. The summed E-state index contributed by atoms with van der Waals surface area (Å²) in [5.41, 5.74) is 0. The van der Waals surface area contributed by atoms with E-state index in [1.54, 1.807) is 6.08 Å². The summed E-state index contributed by atoms with van der Waals surface area (Å²) in [6.45, 7) is 5.63. The number of carbonyl (C=O) groups excluding carboxylic acids is 3. The van der Waals surface area contributed by atoms with Gasteiger partial charge in [0.25, 0.3) is 0 Å². The van der Waals surface area contributed by atoms with Crippen LogP contribution in [0.2, 0.25) is 0 Å². The van der Waals surface area contributed by atoms with Gasteiger partial charge in [-0.05, 0) is 103 Å². The van der Waals surface area contributed by atoms with Crippen LogP contribution in [0.5, 0.6) is 0 Å². The zero-order chi connectivity index (χ0) is 54.7. The van der Waals surface area contributed by atoms with Gasteiger partial charge in [-0.25, -0.2) is 4.79 Å². The first-order valence-electron chi connectivity index (χ1n) is 28.9. The van der Waals surface area contributed by atoms with Gasteiger partial charge in [0.05, 0.1) is 13.0 Å². The van der Waals surface area contributed by atoms with Gasteiger partial charge in [-0.2, -0.15) is 0 Å². The van der Waals surface area contributed by atoms with E-state index < -0.39 is 67.3 Å². The number of carboxylic acid groups (broad SMARTS) is 1. The maximum Gasteiger partial charge on any atom is 0.335 e. The molecule has 0 aromatic heterocycles. The molecular weight excluding hydrogens is 949 g/mol. The number of aliphatic hydroxyl groups excluding tert-OH is 2. The van der Waals surface area contributed by atoms with E-state index in [-0.39, 0.29) is 25.9 Å². The maximum atomic E-state index is 13.1. The predicted octanol–water partition coefficient (Wildman–Crippen LogP) is 14.7. The molecule has 1 fully saturated rings. The number of aliphatic hydroxyl groups is 2. The molecular formula is C63H100O12. The molecule has 12 nitrogen and oxygen atoms in total. The van der Waals surface area contributed by atoms with Gasteiger partial charge in [0.2, 0.25) is 0 Å². The molecule has 6 atom stereocenters. The molecule has 3 N–H and O–H groups in total. The SMILES string of the molecule is CC/C=C\C/C=C\C/C=C\C/C=C\C/C=C\CC(=O)OCC(COC1OC(C(=O)O)C(O)C(O)C1OC(=O)CCCCCCCCC/C=C\CCCCCCCC)OC(=O)CCCCC/C=C\C/C=C\C/C=C\CC. The highest BCUT2D eigenvalue weighted by atomic mass is 16.7. The number of rotatable bonds is 47. The highest BCUT2D eigenvalue weighted by molar-refractivity contribution is 5.74. The van der Waals surface area contributed by atoms with Crippen LogP contribution in [0.4, 0.5) is 0 Å². The van der Waals surface area contributed by atoms with E-state index in [1.807, 2.05) is 12.2 Å². The number of aliphatic carboxylic acids is 1. The van der Waals surface area contributed by atoms with Crippen molar-refractivity contribution in [3.63, 3.8) is 0 Å². The number of carboxylic acids is 1. The monoisotopic (exact) mass is 1050 g/mol. The Morgan fingerprint density at radius 1 is 0.467 bits per heavy atom. The Labute approximate surface area is 453 Å². The number of hydrogen-bond donors (Lipinski definition) is 3. The molecule has 12 heteroatoms. The van der Waals surface area contributed by atoms with Crippen LogP contribution in [-0.4, -0.2) is 89.2 Å². The normalized spacial score (nSPS) is 19.0. The number of carbonyl (C=O) groups is 4. The lowest BCUT2D eigenvalue weighted by Crippen LogP contribution is -2.61. The van der Waals surface area contributed by atoms with Gasteiger partial charge < -0.3 is 39.0 Å². The fraction of sp³-hybridized carbons (Fsp3) is 0.651. The summed E-state index contributed by atoms with van der Waals surface area (Å²) >= 11 is 0. The van der Waals surface area contributed by atoms with Gasteiger partial charge in [-0.15, -0.1) is 0 Å². The van der Waals surface area contributed by atoms with Crippen molar-refractivity contribution < 1.29 is 58.2 Å². The van der Waals surface area contributed by atoms with Crippen molar-refractivity contribution >= 4 is 23.9 Å². The third kappa shape index (κ3) is 40.3. The van der Waals surface area contributed by atoms with Crippen LogP contribution in [0.1, 0.15) is 213 Å². The Kier molecular flexibility index (Phi) is 45.8. The summed E-state index contributed by atoms with van der Waals surface area (Å²) in [7, 11) is 0. The lowest BCUT2D eigenvalue weighted by atomic mass is 9.98. The Hall–Kier alpha value is -4.62. The van der Waals surface area contributed by atoms with E-state index >= 15 is 0 Å². The van der Waals surface area contributed by atoms with Crippen molar-refractivity contribution in [3.8, 4) is 0 Å². The molecule has 0 amide bonds. The second-order valence-electron chi connectivity index (χ2n) is 19.2. The summed E-state index contributed by atoms with van der Waals surface area (Å²) in [6, 6.07) is 0. The largest absolute Gasteiger partial charge is 0.479 e. The topological polar surface area (TPSA) is 175 Å². The van der Waals surface area contributed by atoms with Crippen molar-refractivity contribution in [2.24, 2.45) is 0 Å². The number of ether oxygens (including phenoxy) is 5. The molecule has 0 aliphatic carbocycles. The molecule has 6 unspecified atom stereocenters. The number of allylic oxidation sites excluding steroid dienone is 17. The minimum Gasteiger partial charge on any atom is -0.479 e. The predicted molar refractivity (Wildman–Crippen MR) is 303 cm³/mol. The summed E-state index contributed by atoms with van der Waals surface area (Å²) in [6.07, 6.45) is 55.2. The quantitative estimate of drug-likeness (QED) is 0.0228. The first kappa shape index (κ1) is 68.4. The van der Waals surface area contributed by atoms with Gasteiger partial charge in [-0.1, -0.05) is 201 Å². The molecule has 1 heterocycles. The average Bonchev–Trinajstić information content (AvgIpc) is 3.39. The van der Waals surface area contributed by atoms with Crippen LogP contribution in [-0.2, 0) is 42.9 Å². The van der Waals surface area contributed by atoms with Crippen LogP contribution < -0.4 is 0 Å². The summed E-state index contributed by atoms with van der Waals surface area (Å²) in [5, 5.41) is 31.5. The summed E-state index contributed by atoms with van der Waals surface area (Å²) < 4.78 is 28.2. The van der Waals surface area contributed by atoms with Crippen LogP contribution in [0.25, 0.3) is 0 Å². The van der Waals surface area contributed by atoms with Crippen molar-refractivity contribution in [1.82, 2.24) is 0 Å². The Bertz CT molecular complexity index is 1720. The number of esters is 3. The van der Waals surface area contributed by atoms with Gasteiger partial charge in [0.15, 0.2) is 24.6 Å². The van der Waals surface area contributed by atoms with Crippen molar-refractivity contribution in [1.29, 1.82) is 0 Å². The number of hydrogen-bond acceptors (Lipinski definition) is 11. The highest BCUT2D eigenvalue weighted by Crippen LogP contribution is 2.26. The minimum absolute atomic E-state index is 0.0263. The summed E-state index contributed by atoms with van der Waals surface area (Å²) in [4.78, 5) is 51.0. The van der Waals surface area contributed by atoms with Crippen LogP contribution in [0, 0.1) is 0 Å². The average molecular weight is 1050 g/mol. The Morgan fingerprint density at radius 2 is 0.880 bits per heavy atom. The van der Waals surface area contributed by atoms with E-state index in [0.29, 0.717) is 19.3 Å². The molecule has 0 aromatic carbocycles. The summed E-state index contributed by atoms with van der Waals surface area (Å²) in [5.74, 6) is -3.34. The van der Waals surface area contributed by atoms with Crippen molar-refractivity contribution in [3.05, 3.63) is 109 Å². The van der Waals surface area contributed by atoms with Crippen molar-refractivity contribution in [2.45, 2.75) is 250 Å². The second kappa shape index (κ2) is 50.2. The molecule has 0 bridgehead atoms. The van der Waals surface area contributed by atoms with Crippen LogP contribution >= 0.6 is 0 Å². The molecule has 0 spiro atoms. The van der Waals surface area contributed by atoms with E-state index in [2.05, 4.69) is 112 Å². The lowest BCUT2D eigenvalue weighted by Gasteiger charge is -2.40. The zero-order valence-corrected chi connectivity index (χ0v) is 46.5.